The van der Waals surface area contributed by atoms with Crippen LogP contribution in [0.1, 0.15) is 15.9 Å². The first-order chi connectivity index (χ1) is 10.0. The number of nitrogen functional groups attached to an aromatic ring is 1. The number of carbonyl (C=O) groups is 1. The van der Waals surface area contributed by atoms with Crippen LogP contribution in [0.3, 0.4) is 0 Å². The molecule has 106 valence electrons. The number of nitrogens with two attached hydrogens (primary N) is 1. The van der Waals surface area contributed by atoms with Crippen molar-refractivity contribution in [3.63, 3.8) is 0 Å². The van der Waals surface area contributed by atoms with Crippen molar-refractivity contribution in [2.45, 2.75) is 6.92 Å². The fourth-order valence-electron chi connectivity index (χ4n) is 2.07. The van der Waals surface area contributed by atoms with Crippen LogP contribution in [0.25, 0.3) is 10.2 Å². The Morgan fingerprint density at radius 3 is 2.95 bits per heavy atom. The van der Waals surface area contributed by atoms with E-state index in [4.69, 9.17) is 5.73 Å². The molecule has 1 aromatic heterocycles. The van der Waals surface area contributed by atoms with E-state index < -0.39 is 0 Å². The molecule has 0 bridgehead atoms. The molecule has 3 rings (SSSR count). The van der Waals surface area contributed by atoms with Gasteiger partial charge in [0.2, 0.25) is 0 Å². The van der Waals surface area contributed by atoms with Gasteiger partial charge in [0.15, 0.2) is 0 Å². The normalized spacial score (nSPS) is 10.8. The Morgan fingerprint density at radius 2 is 2.14 bits per heavy atom. The van der Waals surface area contributed by atoms with E-state index in [-0.39, 0.29) is 5.91 Å². The summed E-state index contributed by atoms with van der Waals surface area (Å²) in [6.45, 7) is 1.84. The van der Waals surface area contributed by atoms with Crippen LogP contribution >= 0.6 is 27.3 Å². The van der Waals surface area contributed by atoms with Crippen molar-refractivity contribution in [2.24, 2.45) is 0 Å². The van der Waals surface area contributed by atoms with Gasteiger partial charge in [0.25, 0.3) is 5.91 Å². The number of hydrogen-bond donors (Lipinski definition) is 2. The van der Waals surface area contributed by atoms with Crippen LogP contribution < -0.4 is 11.1 Å². The lowest BCUT2D eigenvalue weighted by Crippen LogP contribution is -2.14. The van der Waals surface area contributed by atoms with Crippen LogP contribution in [0.15, 0.2) is 40.3 Å². The summed E-state index contributed by atoms with van der Waals surface area (Å²) in [5, 5.41) is 2.90. The molecule has 0 radical (unpaired) electrons. The van der Waals surface area contributed by atoms with Crippen molar-refractivity contribution in [3.05, 3.63) is 51.4 Å². The molecule has 0 spiro atoms. The number of halogens is 1. The fourth-order valence-corrected chi connectivity index (χ4v) is 3.26. The third kappa shape index (κ3) is 2.77. The lowest BCUT2D eigenvalue weighted by atomic mass is 10.1. The van der Waals surface area contributed by atoms with Crippen molar-refractivity contribution in [1.29, 1.82) is 0 Å². The highest BCUT2D eigenvalue weighted by molar-refractivity contribution is 9.10. The maximum absolute atomic E-state index is 12.4. The van der Waals surface area contributed by atoms with E-state index in [1.54, 1.807) is 29.0 Å². The molecule has 6 heteroatoms. The number of nitrogens with one attached hydrogen (secondary N) is 1. The summed E-state index contributed by atoms with van der Waals surface area (Å²) in [7, 11) is 0. The van der Waals surface area contributed by atoms with Crippen molar-refractivity contribution in [3.8, 4) is 0 Å². The van der Waals surface area contributed by atoms with Gasteiger partial charge in [0.1, 0.15) is 0 Å². The molecule has 0 saturated heterocycles. The molecule has 0 aliphatic rings. The molecule has 3 N–H and O–H groups in total. The zero-order chi connectivity index (χ0) is 15.0. The van der Waals surface area contributed by atoms with Gasteiger partial charge in [-0.15, -0.1) is 11.3 Å². The quantitative estimate of drug-likeness (QED) is 0.672. The van der Waals surface area contributed by atoms with Crippen LogP contribution in [-0.4, -0.2) is 10.9 Å². The molecule has 21 heavy (non-hydrogen) atoms. The zero-order valence-corrected chi connectivity index (χ0v) is 13.6. The average molecular weight is 362 g/mol. The first-order valence-corrected chi connectivity index (χ1v) is 7.92. The molecule has 0 aliphatic heterocycles. The van der Waals surface area contributed by atoms with E-state index in [0.29, 0.717) is 11.3 Å². The summed E-state index contributed by atoms with van der Waals surface area (Å²) in [6, 6.07) is 9.21. The number of hydrogen-bond acceptors (Lipinski definition) is 4. The van der Waals surface area contributed by atoms with Gasteiger partial charge in [-0.25, -0.2) is 4.98 Å². The van der Waals surface area contributed by atoms with Gasteiger partial charge in [-0.2, -0.15) is 0 Å². The van der Waals surface area contributed by atoms with Crippen LogP contribution in [0.5, 0.6) is 0 Å². The largest absolute Gasteiger partial charge is 0.398 e. The van der Waals surface area contributed by atoms with Gasteiger partial charge < -0.3 is 11.1 Å². The predicted octanol–water partition coefficient (Wildman–Crippen LogP) is 4.20. The minimum Gasteiger partial charge on any atom is -0.398 e. The molecule has 0 aliphatic carbocycles. The van der Waals surface area contributed by atoms with E-state index in [1.807, 2.05) is 25.1 Å². The maximum Gasteiger partial charge on any atom is 0.256 e. The predicted molar refractivity (Wildman–Crippen MR) is 90.9 cm³/mol. The third-order valence-electron chi connectivity index (χ3n) is 3.25. The number of benzene rings is 2. The molecule has 3 aromatic rings. The Kier molecular flexibility index (Phi) is 3.65. The maximum atomic E-state index is 12.4. The van der Waals surface area contributed by atoms with E-state index in [1.165, 1.54) is 0 Å². The first-order valence-electron chi connectivity index (χ1n) is 6.25. The SMILES string of the molecule is Cc1c(N)cc(Br)cc1C(=O)Nc1ccc2ncsc2c1. The monoisotopic (exact) mass is 361 g/mol. The second kappa shape index (κ2) is 5.46. The summed E-state index contributed by atoms with van der Waals surface area (Å²) >= 11 is 4.90. The minimum absolute atomic E-state index is 0.177. The molecule has 4 nitrogen and oxygen atoms in total. The Bertz CT molecular complexity index is 844. The number of amides is 1. The van der Waals surface area contributed by atoms with Gasteiger partial charge in [0, 0.05) is 21.4 Å². The van der Waals surface area contributed by atoms with E-state index in [9.17, 15) is 4.79 Å². The van der Waals surface area contributed by atoms with Crippen molar-refractivity contribution >= 4 is 54.8 Å². The van der Waals surface area contributed by atoms with E-state index >= 15 is 0 Å². The third-order valence-corrected chi connectivity index (χ3v) is 4.50. The highest BCUT2D eigenvalue weighted by Crippen LogP contribution is 2.25. The summed E-state index contributed by atoms with van der Waals surface area (Å²) in [4.78, 5) is 16.6. The number of anilines is 2. The molecule has 0 fully saturated rings. The lowest BCUT2D eigenvalue weighted by molar-refractivity contribution is 0.102. The highest BCUT2D eigenvalue weighted by atomic mass is 79.9. The Balaban J connectivity index is 1.92. The number of aromatic nitrogens is 1. The van der Waals surface area contributed by atoms with Gasteiger partial charge in [0.05, 0.1) is 15.7 Å². The Morgan fingerprint density at radius 1 is 1.33 bits per heavy atom. The minimum atomic E-state index is -0.177. The van der Waals surface area contributed by atoms with Crippen molar-refractivity contribution in [1.82, 2.24) is 4.98 Å². The van der Waals surface area contributed by atoms with Gasteiger partial charge >= 0.3 is 0 Å². The van der Waals surface area contributed by atoms with Crippen LogP contribution in [0.2, 0.25) is 0 Å². The smallest absolute Gasteiger partial charge is 0.256 e. The van der Waals surface area contributed by atoms with Crippen LogP contribution in [0, 0.1) is 6.92 Å². The van der Waals surface area contributed by atoms with Crippen molar-refractivity contribution < 1.29 is 4.79 Å². The summed E-state index contributed by atoms with van der Waals surface area (Å²) in [5.41, 5.74) is 11.3. The fraction of sp³-hybridized carbons (Fsp3) is 0.0667. The van der Waals surface area contributed by atoms with E-state index in [0.717, 1.165) is 25.9 Å². The molecular weight excluding hydrogens is 350 g/mol. The number of nitrogens with zero attached hydrogens (tertiary/aromatic N) is 1. The second-order valence-corrected chi connectivity index (χ2v) is 6.46. The van der Waals surface area contributed by atoms with Gasteiger partial charge in [-0.3, -0.25) is 4.79 Å². The van der Waals surface area contributed by atoms with Crippen LogP contribution in [0.4, 0.5) is 11.4 Å². The highest BCUT2D eigenvalue weighted by Gasteiger charge is 2.13. The van der Waals surface area contributed by atoms with Crippen LogP contribution in [-0.2, 0) is 0 Å². The molecule has 2 aromatic carbocycles. The number of carbonyl (C=O) groups excluding carboxylic acids is 1. The topological polar surface area (TPSA) is 68.0 Å². The Hall–Kier alpha value is -1.92. The lowest BCUT2D eigenvalue weighted by Gasteiger charge is -2.10. The van der Waals surface area contributed by atoms with Gasteiger partial charge in [-0.1, -0.05) is 15.9 Å². The van der Waals surface area contributed by atoms with Crippen molar-refractivity contribution in [2.75, 3.05) is 11.1 Å². The summed E-state index contributed by atoms with van der Waals surface area (Å²) < 4.78 is 1.83. The number of fused-ring (bicyclic) bond motifs is 1. The summed E-state index contributed by atoms with van der Waals surface area (Å²) in [5.74, 6) is -0.177. The second-order valence-electron chi connectivity index (χ2n) is 4.66. The van der Waals surface area contributed by atoms with Gasteiger partial charge in [-0.05, 0) is 42.8 Å². The number of rotatable bonds is 2. The molecule has 0 unspecified atom stereocenters. The van der Waals surface area contributed by atoms with E-state index in [2.05, 4.69) is 26.2 Å². The molecule has 0 saturated carbocycles. The summed E-state index contributed by atoms with van der Waals surface area (Å²) in [6.07, 6.45) is 0. The molecule has 0 atom stereocenters. The molecule has 1 heterocycles. The zero-order valence-electron chi connectivity index (χ0n) is 11.2. The Labute approximate surface area is 134 Å². The standard InChI is InChI=1S/C15H12BrN3OS/c1-8-11(4-9(16)5-12(8)17)15(20)19-10-2-3-13-14(6-10)21-7-18-13/h2-7H,17H2,1H3,(H,19,20). The molecule has 1 amide bonds. The number of thiazole rings is 1. The first kappa shape index (κ1) is 14.0. The average Bonchev–Trinajstić information content (AvgIpc) is 2.90. The molecular formula is C15H12BrN3OS.